The van der Waals surface area contributed by atoms with E-state index in [0.717, 1.165) is 51.4 Å². The minimum atomic E-state index is -1.29. The number of hydrogen-bond acceptors (Lipinski definition) is 5. The molecule has 0 spiro atoms. The van der Waals surface area contributed by atoms with Crippen molar-refractivity contribution in [3.8, 4) is 0 Å². The monoisotopic (exact) mass is 818 g/mol. The molecular formula is C52H99NO5. The zero-order valence-corrected chi connectivity index (χ0v) is 38.5. The molecule has 0 fully saturated rings. The van der Waals surface area contributed by atoms with E-state index >= 15 is 0 Å². The maximum Gasteiger partial charge on any atom is 0.249 e. The molecule has 0 saturated heterocycles. The molecule has 0 heterocycles. The Bertz CT molecular complexity index is 919. The molecule has 0 aliphatic carbocycles. The molecule has 0 aromatic rings. The molecule has 342 valence electrons. The molecule has 0 rings (SSSR count). The van der Waals surface area contributed by atoms with Crippen LogP contribution < -0.4 is 5.32 Å². The maximum absolute atomic E-state index is 12.5. The third kappa shape index (κ3) is 40.0. The van der Waals surface area contributed by atoms with Gasteiger partial charge >= 0.3 is 0 Å². The molecule has 58 heavy (non-hydrogen) atoms. The number of nitrogens with one attached hydrogen (secondary N) is 1. The van der Waals surface area contributed by atoms with Gasteiger partial charge in [-0.05, 0) is 64.2 Å². The fourth-order valence-corrected chi connectivity index (χ4v) is 7.79. The van der Waals surface area contributed by atoms with E-state index in [9.17, 15) is 25.2 Å². The average molecular weight is 818 g/mol. The Morgan fingerprint density at radius 3 is 1.09 bits per heavy atom. The Hall–Kier alpha value is -1.47. The number of hydrogen-bond donors (Lipinski definition) is 5. The highest BCUT2D eigenvalue weighted by molar-refractivity contribution is 5.80. The van der Waals surface area contributed by atoms with Gasteiger partial charge in [0.15, 0.2) is 0 Å². The van der Waals surface area contributed by atoms with E-state index in [1.54, 1.807) is 0 Å². The van der Waals surface area contributed by atoms with E-state index < -0.39 is 36.9 Å². The fourth-order valence-electron chi connectivity index (χ4n) is 7.79. The van der Waals surface area contributed by atoms with Crippen LogP contribution >= 0.6 is 0 Å². The van der Waals surface area contributed by atoms with Gasteiger partial charge < -0.3 is 25.7 Å². The van der Waals surface area contributed by atoms with Gasteiger partial charge in [0, 0.05) is 0 Å². The lowest BCUT2D eigenvalue weighted by Crippen LogP contribution is -2.53. The van der Waals surface area contributed by atoms with Crippen molar-refractivity contribution < 1.29 is 25.2 Å². The van der Waals surface area contributed by atoms with Gasteiger partial charge in [-0.3, -0.25) is 4.79 Å². The van der Waals surface area contributed by atoms with Crippen LogP contribution in [0.25, 0.3) is 0 Å². The lowest BCUT2D eigenvalue weighted by Gasteiger charge is -2.27. The predicted octanol–water partition coefficient (Wildman–Crippen LogP) is 14.1. The zero-order chi connectivity index (χ0) is 42.4. The number of unbranched alkanes of at least 4 members (excludes halogenated alkanes) is 31. The molecule has 0 bridgehead atoms. The topological polar surface area (TPSA) is 110 Å². The van der Waals surface area contributed by atoms with E-state index in [-0.39, 0.29) is 0 Å². The molecule has 0 aromatic heterocycles. The van der Waals surface area contributed by atoms with Gasteiger partial charge in [0.2, 0.25) is 5.91 Å². The van der Waals surface area contributed by atoms with Crippen molar-refractivity contribution in [1.29, 1.82) is 0 Å². The van der Waals surface area contributed by atoms with Crippen molar-refractivity contribution in [2.75, 3.05) is 6.61 Å². The molecular weight excluding hydrogens is 719 g/mol. The molecule has 0 aromatic carbocycles. The number of rotatable bonds is 46. The largest absolute Gasteiger partial charge is 0.394 e. The Morgan fingerprint density at radius 1 is 0.414 bits per heavy atom. The highest BCUT2D eigenvalue weighted by Gasteiger charge is 2.28. The summed E-state index contributed by atoms with van der Waals surface area (Å²) in [5.74, 6) is -0.597. The molecule has 0 radical (unpaired) electrons. The molecule has 6 nitrogen and oxygen atoms in total. The number of carbonyl (C=O) groups excluding carboxylic acids is 1. The van der Waals surface area contributed by atoms with Gasteiger partial charge in [0.1, 0.15) is 12.2 Å². The Balaban J connectivity index is 3.75. The first-order valence-corrected chi connectivity index (χ1v) is 25.4. The van der Waals surface area contributed by atoms with Crippen molar-refractivity contribution in [2.24, 2.45) is 0 Å². The maximum atomic E-state index is 12.5. The summed E-state index contributed by atoms with van der Waals surface area (Å²) in [6.45, 7) is 4.05. The lowest BCUT2D eigenvalue weighted by atomic mass is 10.00. The van der Waals surface area contributed by atoms with Gasteiger partial charge in [0.25, 0.3) is 0 Å². The van der Waals surface area contributed by atoms with Crippen molar-refractivity contribution in [1.82, 2.24) is 5.32 Å². The second-order valence-electron chi connectivity index (χ2n) is 17.5. The van der Waals surface area contributed by atoms with Crippen LogP contribution in [0.3, 0.4) is 0 Å². The highest BCUT2D eigenvalue weighted by Crippen LogP contribution is 2.16. The van der Waals surface area contributed by atoms with Crippen LogP contribution in [-0.4, -0.2) is 57.3 Å². The summed E-state index contributed by atoms with van der Waals surface area (Å²) < 4.78 is 0. The molecule has 6 heteroatoms. The summed E-state index contributed by atoms with van der Waals surface area (Å²) in [6.07, 6.45) is 56.2. The second kappa shape index (κ2) is 46.6. The molecule has 0 aliphatic rings. The van der Waals surface area contributed by atoms with E-state index in [2.05, 4.69) is 55.6 Å². The van der Waals surface area contributed by atoms with Crippen LogP contribution in [0, 0.1) is 0 Å². The summed E-state index contributed by atoms with van der Waals surface area (Å²) in [5.41, 5.74) is 0. The predicted molar refractivity (Wildman–Crippen MR) is 251 cm³/mol. The van der Waals surface area contributed by atoms with Crippen LogP contribution in [0.2, 0.25) is 0 Å². The minimum absolute atomic E-state index is 0.361. The standard InChI is InChI=1S/C52H99NO5/c1-3-5-7-9-11-13-15-17-19-21-22-23-24-25-26-27-28-30-31-33-35-37-39-41-43-45-49(55)51(57)48(47-54)53-52(58)50(56)46-44-42-40-38-36-34-32-29-20-18-16-14-12-10-8-6-4-2/h25-26,30-31,37,39,48-51,54-57H,3-24,27-29,32-36,38,40-47H2,1-2H3,(H,53,58)/b26-25+,31-30+,39-37+. The van der Waals surface area contributed by atoms with Crippen molar-refractivity contribution >= 4 is 5.91 Å². The lowest BCUT2D eigenvalue weighted by molar-refractivity contribution is -0.132. The molecule has 4 unspecified atom stereocenters. The summed E-state index contributed by atoms with van der Waals surface area (Å²) in [4.78, 5) is 12.5. The minimum Gasteiger partial charge on any atom is -0.394 e. The van der Waals surface area contributed by atoms with Gasteiger partial charge in [-0.2, -0.15) is 0 Å². The fraction of sp³-hybridized carbons (Fsp3) is 0.865. The van der Waals surface area contributed by atoms with Gasteiger partial charge in [-0.1, -0.05) is 230 Å². The molecule has 1 amide bonds. The van der Waals surface area contributed by atoms with E-state index in [1.165, 1.54) is 173 Å². The quantitative estimate of drug-likeness (QED) is 0.0310. The van der Waals surface area contributed by atoms with Crippen molar-refractivity contribution in [3.63, 3.8) is 0 Å². The number of aliphatic hydroxyl groups is 4. The van der Waals surface area contributed by atoms with Crippen LogP contribution in [-0.2, 0) is 4.79 Å². The Labute approximate surface area is 360 Å². The normalized spacial score (nSPS) is 14.2. The van der Waals surface area contributed by atoms with E-state index in [4.69, 9.17) is 0 Å². The van der Waals surface area contributed by atoms with Crippen LogP contribution in [0.5, 0.6) is 0 Å². The van der Waals surface area contributed by atoms with Crippen LogP contribution in [0.1, 0.15) is 258 Å². The third-order valence-electron chi connectivity index (χ3n) is 11.8. The first-order chi connectivity index (χ1) is 28.5. The highest BCUT2D eigenvalue weighted by atomic mass is 16.3. The SMILES string of the molecule is CCCCCCCCCCCCCC/C=C/CC/C=C/CC/C=C/CCCC(O)C(O)C(CO)NC(=O)C(O)CCCCCCCCCCCCCCCCCCC. The molecule has 4 atom stereocenters. The summed E-state index contributed by atoms with van der Waals surface area (Å²) >= 11 is 0. The molecule has 0 saturated carbocycles. The number of amides is 1. The zero-order valence-electron chi connectivity index (χ0n) is 38.5. The summed E-state index contributed by atoms with van der Waals surface area (Å²) in [6, 6.07) is -1.01. The number of aliphatic hydroxyl groups excluding tert-OH is 4. The Kier molecular flexibility index (Phi) is 45.4. The smallest absolute Gasteiger partial charge is 0.249 e. The van der Waals surface area contributed by atoms with Crippen molar-refractivity contribution in [2.45, 2.75) is 282 Å². The van der Waals surface area contributed by atoms with Gasteiger partial charge in [-0.25, -0.2) is 0 Å². The number of carbonyl (C=O) groups is 1. The first-order valence-electron chi connectivity index (χ1n) is 25.4. The average Bonchev–Trinajstić information content (AvgIpc) is 3.23. The van der Waals surface area contributed by atoms with E-state index in [0.29, 0.717) is 19.3 Å². The van der Waals surface area contributed by atoms with Crippen LogP contribution in [0.4, 0.5) is 0 Å². The van der Waals surface area contributed by atoms with E-state index in [1.807, 2.05) is 0 Å². The number of allylic oxidation sites excluding steroid dienone is 6. The Morgan fingerprint density at radius 2 is 0.724 bits per heavy atom. The third-order valence-corrected chi connectivity index (χ3v) is 11.8. The second-order valence-corrected chi connectivity index (χ2v) is 17.5. The summed E-state index contributed by atoms with van der Waals surface area (Å²) in [7, 11) is 0. The summed E-state index contributed by atoms with van der Waals surface area (Å²) in [5, 5.41) is 43.8. The first kappa shape index (κ1) is 56.5. The van der Waals surface area contributed by atoms with Crippen molar-refractivity contribution in [3.05, 3.63) is 36.5 Å². The molecule has 0 aliphatic heterocycles. The molecule has 5 N–H and O–H groups in total. The van der Waals surface area contributed by atoms with Crippen LogP contribution in [0.15, 0.2) is 36.5 Å². The van der Waals surface area contributed by atoms with Gasteiger partial charge in [-0.15, -0.1) is 0 Å². The van der Waals surface area contributed by atoms with Gasteiger partial charge in [0.05, 0.1) is 18.8 Å².